The van der Waals surface area contributed by atoms with E-state index in [2.05, 4.69) is 11.1 Å². The van der Waals surface area contributed by atoms with Gasteiger partial charge in [-0.2, -0.15) is 0 Å². The summed E-state index contributed by atoms with van der Waals surface area (Å²) in [5, 5.41) is 10.5. The quantitative estimate of drug-likeness (QED) is 0.879. The maximum Gasteiger partial charge on any atom is 0.223 e. The van der Waals surface area contributed by atoms with Crippen LogP contribution in [0, 0.1) is 0 Å². The van der Waals surface area contributed by atoms with Crippen molar-refractivity contribution in [3.63, 3.8) is 0 Å². The Bertz CT molecular complexity index is 601. The Labute approximate surface area is 119 Å². The van der Waals surface area contributed by atoms with Crippen molar-refractivity contribution in [3.8, 4) is 0 Å². The van der Waals surface area contributed by atoms with E-state index in [4.69, 9.17) is 0 Å². The molecule has 1 aromatic carbocycles. The third-order valence-electron chi connectivity index (χ3n) is 3.95. The lowest BCUT2D eigenvalue weighted by Gasteiger charge is -2.34. The molecule has 20 heavy (non-hydrogen) atoms. The number of benzene rings is 1. The summed E-state index contributed by atoms with van der Waals surface area (Å²) < 4.78 is 0. The molecule has 0 spiro atoms. The van der Waals surface area contributed by atoms with E-state index in [1.54, 1.807) is 11.9 Å². The Hall–Kier alpha value is -1.81. The van der Waals surface area contributed by atoms with Crippen LogP contribution in [0.5, 0.6) is 0 Å². The van der Waals surface area contributed by atoms with Gasteiger partial charge in [-0.15, -0.1) is 0 Å². The zero-order chi connectivity index (χ0) is 14.8. The number of likely N-dealkylation sites (N-methyl/N-ethyl adjacent to an activating group) is 1. The van der Waals surface area contributed by atoms with E-state index in [0.717, 1.165) is 11.1 Å². The number of aliphatic hydroxyl groups is 1. The lowest BCUT2D eigenvalue weighted by molar-refractivity contribution is -0.135. The highest BCUT2D eigenvalue weighted by Gasteiger charge is 2.26. The second-order valence-corrected chi connectivity index (χ2v) is 5.78. The first-order valence-corrected chi connectivity index (χ1v) is 6.88. The highest BCUT2D eigenvalue weighted by atomic mass is 16.3. The molecular weight excluding hydrogens is 252 g/mol. The monoisotopic (exact) mass is 274 g/mol. The van der Waals surface area contributed by atoms with Gasteiger partial charge in [-0.3, -0.25) is 4.79 Å². The van der Waals surface area contributed by atoms with Gasteiger partial charge in [-0.05, 0) is 31.9 Å². The van der Waals surface area contributed by atoms with E-state index in [0.29, 0.717) is 12.8 Å². The number of hydrogen-bond donors (Lipinski definition) is 2. The first-order chi connectivity index (χ1) is 9.45. The standard InChI is InChI=1S/C16H22N2O2/c1-16(2,11-19)18(3)15(20)9-8-12-10-17-14-7-5-4-6-13(12)14/h4-7,10,17,19H,8-9,11H2,1-3H3. The zero-order valence-corrected chi connectivity index (χ0v) is 12.3. The number of amides is 1. The van der Waals surface area contributed by atoms with Crippen LogP contribution in [0.2, 0.25) is 0 Å². The second kappa shape index (κ2) is 5.67. The fourth-order valence-electron chi connectivity index (χ4n) is 2.19. The van der Waals surface area contributed by atoms with Crippen LogP contribution in [0.3, 0.4) is 0 Å². The van der Waals surface area contributed by atoms with Crippen molar-refractivity contribution in [1.82, 2.24) is 9.88 Å². The predicted molar refractivity (Wildman–Crippen MR) is 80.6 cm³/mol. The number of H-pyrrole nitrogens is 1. The molecule has 1 amide bonds. The molecule has 0 fully saturated rings. The molecule has 0 radical (unpaired) electrons. The summed E-state index contributed by atoms with van der Waals surface area (Å²) in [4.78, 5) is 17.0. The number of para-hydroxylation sites is 1. The number of nitrogens with one attached hydrogen (secondary N) is 1. The fourth-order valence-corrected chi connectivity index (χ4v) is 2.19. The number of carbonyl (C=O) groups excluding carboxylic acids is 1. The molecule has 0 bridgehead atoms. The Morgan fingerprint density at radius 3 is 2.75 bits per heavy atom. The number of fused-ring (bicyclic) bond motifs is 1. The smallest absolute Gasteiger partial charge is 0.223 e. The van der Waals surface area contributed by atoms with Gasteiger partial charge in [0.05, 0.1) is 12.1 Å². The summed E-state index contributed by atoms with van der Waals surface area (Å²) in [5.41, 5.74) is 1.74. The highest BCUT2D eigenvalue weighted by Crippen LogP contribution is 2.20. The van der Waals surface area contributed by atoms with Crippen molar-refractivity contribution in [3.05, 3.63) is 36.0 Å². The predicted octanol–water partition coefficient (Wildman–Crippen LogP) is 2.33. The molecule has 0 saturated carbocycles. The largest absolute Gasteiger partial charge is 0.394 e. The first-order valence-electron chi connectivity index (χ1n) is 6.88. The van der Waals surface area contributed by atoms with Gasteiger partial charge >= 0.3 is 0 Å². The van der Waals surface area contributed by atoms with E-state index in [-0.39, 0.29) is 12.5 Å². The van der Waals surface area contributed by atoms with Crippen molar-refractivity contribution >= 4 is 16.8 Å². The van der Waals surface area contributed by atoms with Gasteiger partial charge in [0, 0.05) is 30.6 Å². The molecule has 2 aromatic rings. The number of aliphatic hydroxyl groups excluding tert-OH is 1. The Morgan fingerprint density at radius 1 is 1.35 bits per heavy atom. The van der Waals surface area contributed by atoms with Gasteiger partial charge in [-0.1, -0.05) is 18.2 Å². The molecule has 0 aliphatic carbocycles. The van der Waals surface area contributed by atoms with Gasteiger partial charge in [0.15, 0.2) is 0 Å². The minimum atomic E-state index is -0.517. The van der Waals surface area contributed by atoms with Crippen molar-refractivity contribution in [2.24, 2.45) is 0 Å². The SMILES string of the molecule is CN(C(=O)CCc1c[nH]c2ccccc12)C(C)(C)CO. The summed E-state index contributed by atoms with van der Waals surface area (Å²) >= 11 is 0. The molecule has 1 aromatic heterocycles. The number of rotatable bonds is 5. The average molecular weight is 274 g/mol. The number of nitrogens with zero attached hydrogens (tertiary/aromatic N) is 1. The molecule has 0 aliphatic rings. The van der Waals surface area contributed by atoms with E-state index in [1.807, 2.05) is 38.2 Å². The van der Waals surface area contributed by atoms with E-state index >= 15 is 0 Å². The lowest BCUT2D eigenvalue weighted by Crippen LogP contribution is -2.47. The second-order valence-electron chi connectivity index (χ2n) is 5.78. The minimum Gasteiger partial charge on any atom is -0.394 e. The summed E-state index contributed by atoms with van der Waals surface area (Å²) in [6.45, 7) is 3.68. The van der Waals surface area contributed by atoms with Crippen molar-refractivity contribution in [2.75, 3.05) is 13.7 Å². The molecular formula is C16H22N2O2. The van der Waals surface area contributed by atoms with E-state index in [1.165, 1.54) is 5.39 Å². The maximum atomic E-state index is 12.2. The molecule has 1 heterocycles. The molecule has 2 rings (SSSR count). The van der Waals surface area contributed by atoms with Crippen LogP contribution >= 0.6 is 0 Å². The van der Waals surface area contributed by atoms with Crippen LogP contribution in [0.1, 0.15) is 25.8 Å². The molecule has 0 aliphatic heterocycles. The van der Waals surface area contributed by atoms with Gasteiger partial charge < -0.3 is 15.0 Å². The number of carbonyl (C=O) groups is 1. The Kier molecular flexibility index (Phi) is 4.14. The molecule has 0 atom stereocenters. The molecule has 0 saturated heterocycles. The summed E-state index contributed by atoms with van der Waals surface area (Å²) in [6, 6.07) is 8.09. The maximum absolute atomic E-state index is 12.2. The van der Waals surface area contributed by atoms with Crippen LogP contribution in [0.4, 0.5) is 0 Å². The van der Waals surface area contributed by atoms with Crippen molar-refractivity contribution < 1.29 is 9.90 Å². The summed E-state index contributed by atoms with van der Waals surface area (Å²) in [5.74, 6) is 0.0503. The average Bonchev–Trinajstić information content (AvgIpc) is 2.87. The van der Waals surface area contributed by atoms with Gasteiger partial charge in [0.25, 0.3) is 0 Å². The molecule has 2 N–H and O–H groups in total. The number of hydrogen-bond acceptors (Lipinski definition) is 2. The number of aromatic nitrogens is 1. The topological polar surface area (TPSA) is 56.3 Å². The number of aryl methyl sites for hydroxylation is 1. The summed E-state index contributed by atoms with van der Waals surface area (Å²) in [6.07, 6.45) is 3.12. The van der Waals surface area contributed by atoms with Crippen molar-refractivity contribution in [2.45, 2.75) is 32.2 Å². The first kappa shape index (κ1) is 14.6. The highest BCUT2D eigenvalue weighted by molar-refractivity contribution is 5.84. The molecule has 0 unspecified atom stereocenters. The van der Waals surface area contributed by atoms with Gasteiger partial charge in [-0.25, -0.2) is 0 Å². The zero-order valence-electron chi connectivity index (χ0n) is 12.3. The third kappa shape index (κ3) is 2.85. The number of aromatic amines is 1. The third-order valence-corrected chi connectivity index (χ3v) is 3.95. The molecule has 108 valence electrons. The normalized spacial score (nSPS) is 11.8. The van der Waals surface area contributed by atoms with E-state index < -0.39 is 5.54 Å². The van der Waals surface area contributed by atoms with Crippen LogP contribution in [-0.2, 0) is 11.2 Å². The fraction of sp³-hybridized carbons (Fsp3) is 0.438. The Morgan fingerprint density at radius 2 is 2.05 bits per heavy atom. The van der Waals surface area contributed by atoms with Crippen LogP contribution in [0.25, 0.3) is 10.9 Å². The van der Waals surface area contributed by atoms with Crippen LogP contribution in [-0.4, -0.2) is 40.1 Å². The molecule has 4 nitrogen and oxygen atoms in total. The van der Waals surface area contributed by atoms with Crippen LogP contribution < -0.4 is 0 Å². The molecule has 4 heteroatoms. The van der Waals surface area contributed by atoms with Gasteiger partial charge in [0.2, 0.25) is 5.91 Å². The Balaban J connectivity index is 2.04. The summed E-state index contributed by atoms with van der Waals surface area (Å²) in [7, 11) is 1.74. The van der Waals surface area contributed by atoms with Gasteiger partial charge in [0.1, 0.15) is 0 Å². The lowest BCUT2D eigenvalue weighted by atomic mass is 10.0. The van der Waals surface area contributed by atoms with Crippen LogP contribution in [0.15, 0.2) is 30.5 Å². The van der Waals surface area contributed by atoms with E-state index in [9.17, 15) is 9.90 Å². The minimum absolute atomic E-state index is 0.0394. The van der Waals surface area contributed by atoms with Crippen molar-refractivity contribution in [1.29, 1.82) is 0 Å².